The predicted octanol–water partition coefficient (Wildman–Crippen LogP) is 3.86. The molecule has 2 heterocycles. The molecule has 10 nitrogen and oxygen atoms in total. The normalized spacial score (nSPS) is 16.6. The monoisotopic (exact) mass is 513 g/mol. The van der Waals surface area contributed by atoms with Gasteiger partial charge >= 0.3 is 5.69 Å². The molecule has 37 heavy (non-hydrogen) atoms. The lowest BCUT2D eigenvalue weighted by Gasteiger charge is -2.37. The second-order valence-corrected chi connectivity index (χ2v) is 9.22. The van der Waals surface area contributed by atoms with Crippen molar-refractivity contribution in [2.45, 2.75) is 32.7 Å². The van der Waals surface area contributed by atoms with Crippen LogP contribution in [0.1, 0.15) is 26.7 Å². The molecule has 2 saturated heterocycles. The van der Waals surface area contributed by atoms with Crippen LogP contribution in [0.4, 0.5) is 17.1 Å². The summed E-state index contributed by atoms with van der Waals surface area (Å²) in [5.74, 6) is 1.31. The van der Waals surface area contributed by atoms with Gasteiger partial charge in [0.25, 0.3) is 0 Å². The molecule has 4 rings (SSSR count). The molecule has 10 heteroatoms. The standard InChI is InChI=1S/C26H35N5O5.CH4/c1-35-23-6-4-22(5-7-23)29-17-15-28(16-18-29)12-11-26(32)30-13-9-20(10-14-30)27-21-3-8-24(31(33)34)25(19-21)36-2;/h3-8,19-20,27H,9-18H2,1-2H3;1H4. The zero-order chi connectivity index (χ0) is 25.5. The van der Waals surface area contributed by atoms with E-state index in [9.17, 15) is 14.9 Å². The van der Waals surface area contributed by atoms with Crippen molar-refractivity contribution >= 4 is 23.0 Å². The van der Waals surface area contributed by atoms with Crippen LogP contribution >= 0.6 is 0 Å². The Bertz CT molecular complexity index is 1030. The Morgan fingerprint density at radius 2 is 1.68 bits per heavy atom. The molecule has 0 aromatic heterocycles. The van der Waals surface area contributed by atoms with E-state index in [1.54, 1.807) is 19.2 Å². The van der Waals surface area contributed by atoms with Gasteiger partial charge in [0.2, 0.25) is 5.91 Å². The molecular formula is C27H39N5O5. The smallest absolute Gasteiger partial charge is 0.311 e. The Morgan fingerprint density at radius 3 is 2.27 bits per heavy atom. The molecule has 0 spiro atoms. The summed E-state index contributed by atoms with van der Waals surface area (Å²) in [7, 11) is 3.10. The van der Waals surface area contributed by atoms with Gasteiger partial charge in [0.15, 0.2) is 5.75 Å². The summed E-state index contributed by atoms with van der Waals surface area (Å²) in [6.07, 6.45) is 2.22. The molecule has 2 fully saturated rings. The fraction of sp³-hybridized carbons (Fsp3) is 0.519. The highest BCUT2D eigenvalue weighted by Gasteiger charge is 2.25. The van der Waals surface area contributed by atoms with Crippen molar-refractivity contribution in [1.29, 1.82) is 0 Å². The van der Waals surface area contributed by atoms with Crippen molar-refractivity contribution in [3.8, 4) is 11.5 Å². The third-order valence-electron chi connectivity index (χ3n) is 7.05. The maximum absolute atomic E-state index is 12.8. The molecule has 0 aliphatic carbocycles. The predicted molar refractivity (Wildman–Crippen MR) is 146 cm³/mol. The van der Waals surface area contributed by atoms with Gasteiger partial charge in [0.1, 0.15) is 5.75 Å². The lowest BCUT2D eigenvalue weighted by atomic mass is 10.0. The van der Waals surface area contributed by atoms with Crippen LogP contribution in [0.5, 0.6) is 11.5 Å². The molecular weight excluding hydrogens is 474 g/mol. The van der Waals surface area contributed by atoms with Crippen LogP contribution < -0.4 is 19.7 Å². The Morgan fingerprint density at radius 1 is 1.00 bits per heavy atom. The number of anilines is 2. The number of methoxy groups -OCH3 is 2. The Labute approximate surface area is 219 Å². The van der Waals surface area contributed by atoms with E-state index in [4.69, 9.17) is 9.47 Å². The van der Waals surface area contributed by atoms with Gasteiger partial charge in [-0.2, -0.15) is 0 Å². The number of carbonyl (C=O) groups is 1. The largest absolute Gasteiger partial charge is 0.497 e. The number of benzene rings is 2. The van der Waals surface area contributed by atoms with Gasteiger partial charge in [-0.25, -0.2) is 0 Å². The number of hydrogen-bond acceptors (Lipinski definition) is 8. The van der Waals surface area contributed by atoms with Crippen LogP contribution in [-0.2, 0) is 4.79 Å². The van der Waals surface area contributed by atoms with E-state index in [1.807, 2.05) is 17.0 Å². The lowest BCUT2D eigenvalue weighted by Crippen LogP contribution is -2.48. The van der Waals surface area contributed by atoms with Gasteiger partial charge in [0.05, 0.1) is 19.1 Å². The fourth-order valence-electron chi connectivity index (χ4n) is 4.86. The summed E-state index contributed by atoms with van der Waals surface area (Å²) in [4.78, 5) is 30.2. The molecule has 0 bridgehead atoms. The second-order valence-electron chi connectivity index (χ2n) is 9.22. The number of likely N-dealkylation sites (tertiary alicyclic amines) is 1. The van der Waals surface area contributed by atoms with Crippen molar-refractivity contribution in [2.75, 3.05) is 70.2 Å². The van der Waals surface area contributed by atoms with E-state index in [0.717, 1.165) is 57.0 Å². The molecule has 0 saturated carbocycles. The van der Waals surface area contributed by atoms with Crippen molar-refractivity contribution in [3.63, 3.8) is 0 Å². The summed E-state index contributed by atoms with van der Waals surface area (Å²) < 4.78 is 10.4. The number of hydrogen-bond donors (Lipinski definition) is 1. The van der Waals surface area contributed by atoms with E-state index in [2.05, 4.69) is 27.2 Å². The highest BCUT2D eigenvalue weighted by atomic mass is 16.6. The van der Waals surface area contributed by atoms with Crippen LogP contribution in [0.15, 0.2) is 42.5 Å². The van der Waals surface area contributed by atoms with Crippen molar-refractivity contribution < 1.29 is 19.2 Å². The van der Waals surface area contributed by atoms with Crippen LogP contribution in [0.3, 0.4) is 0 Å². The van der Waals surface area contributed by atoms with Crippen LogP contribution in [0.25, 0.3) is 0 Å². The molecule has 202 valence electrons. The summed E-state index contributed by atoms with van der Waals surface area (Å²) in [6, 6.07) is 13.2. The summed E-state index contributed by atoms with van der Waals surface area (Å²) >= 11 is 0. The average Bonchev–Trinajstić information content (AvgIpc) is 2.92. The molecule has 1 N–H and O–H groups in total. The highest BCUT2D eigenvalue weighted by molar-refractivity contribution is 5.76. The van der Waals surface area contributed by atoms with Gasteiger partial charge in [0, 0.05) is 81.8 Å². The summed E-state index contributed by atoms with van der Waals surface area (Å²) in [6.45, 7) is 6.01. The molecule has 2 aliphatic heterocycles. The first kappa shape index (κ1) is 28.0. The number of nitrogens with zero attached hydrogens (tertiary/aromatic N) is 4. The Balaban J connectivity index is 0.00000380. The van der Waals surface area contributed by atoms with Gasteiger partial charge in [-0.1, -0.05) is 7.43 Å². The Kier molecular flexibility index (Phi) is 9.96. The number of rotatable bonds is 9. The van der Waals surface area contributed by atoms with Crippen LogP contribution in [0, 0.1) is 10.1 Å². The van der Waals surface area contributed by atoms with E-state index in [1.165, 1.54) is 18.9 Å². The zero-order valence-electron chi connectivity index (χ0n) is 21.0. The second kappa shape index (κ2) is 13.1. The highest BCUT2D eigenvalue weighted by Crippen LogP contribution is 2.30. The third-order valence-corrected chi connectivity index (χ3v) is 7.05. The Hall–Kier alpha value is -3.53. The molecule has 0 radical (unpaired) electrons. The number of carbonyl (C=O) groups excluding carboxylic acids is 1. The number of ether oxygens (including phenoxy) is 2. The van der Waals surface area contributed by atoms with Gasteiger partial charge in [-0.3, -0.25) is 19.8 Å². The quantitative estimate of drug-likeness (QED) is 0.399. The average molecular weight is 514 g/mol. The van der Waals surface area contributed by atoms with Crippen molar-refractivity contribution in [2.24, 2.45) is 0 Å². The minimum atomic E-state index is -0.451. The first-order valence-electron chi connectivity index (χ1n) is 12.4. The van der Waals surface area contributed by atoms with Gasteiger partial charge in [-0.05, 0) is 43.2 Å². The number of nitrogens with one attached hydrogen (secondary N) is 1. The number of amides is 1. The first-order chi connectivity index (χ1) is 17.5. The third kappa shape index (κ3) is 7.25. The van der Waals surface area contributed by atoms with Crippen LogP contribution in [0.2, 0.25) is 0 Å². The van der Waals surface area contributed by atoms with E-state index >= 15 is 0 Å². The van der Waals surface area contributed by atoms with E-state index in [0.29, 0.717) is 19.5 Å². The number of piperidine rings is 1. The zero-order valence-corrected chi connectivity index (χ0v) is 21.0. The van der Waals surface area contributed by atoms with Crippen molar-refractivity contribution in [3.05, 3.63) is 52.6 Å². The molecule has 2 aliphatic rings. The SMILES string of the molecule is C.COc1ccc(N2CCN(CCC(=O)N3CCC(Nc4ccc([N+](=O)[O-])c(OC)c4)CC3)CC2)cc1. The minimum absolute atomic E-state index is 0. The summed E-state index contributed by atoms with van der Waals surface area (Å²) in [5, 5.41) is 14.5. The summed E-state index contributed by atoms with van der Waals surface area (Å²) in [5.41, 5.74) is 1.94. The molecule has 0 unspecified atom stereocenters. The van der Waals surface area contributed by atoms with E-state index in [-0.39, 0.29) is 30.8 Å². The number of nitro benzene ring substituents is 1. The van der Waals surface area contributed by atoms with Crippen LogP contribution in [-0.4, -0.2) is 86.7 Å². The molecule has 0 atom stereocenters. The maximum Gasteiger partial charge on any atom is 0.311 e. The number of piperazine rings is 1. The minimum Gasteiger partial charge on any atom is -0.497 e. The molecule has 1 amide bonds. The molecule has 2 aromatic carbocycles. The lowest BCUT2D eigenvalue weighted by molar-refractivity contribution is -0.385. The maximum atomic E-state index is 12.8. The van der Waals surface area contributed by atoms with E-state index < -0.39 is 4.92 Å². The fourth-order valence-corrected chi connectivity index (χ4v) is 4.86. The topological polar surface area (TPSA) is 100 Å². The molecule has 2 aromatic rings. The van der Waals surface area contributed by atoms with Crippen molar-refractivity contribution in [1.82, 2.24) is 9.80 Å². The van der Waals surface area contributed by atoms with Gasteiger partial charge < -0.3 is 24.6 Å². The van der Waals surface area contributed by atoms with Gasteiger partial charge in [-0.15, -0.1) is 0 Å². The first-order valence-corrected chi connectivity index (χ1v) is 12.4. The number of nitro groups is 1.